The predicted octanol–water partition coefficient (Wildman–Crippen LogP) is 5.68. The SMILES string of the molecule is CCCC=CC[N+](C)(C)CCCCCCCCCCCCCCCCCC.[Cl-]. The summed E-state index contributed by atoms with van der Waals surface area (Å²) in [5, 5.41) is 0. The lowest BCUT2D eigenvalue weighted by atomic mass is 10.0. The number of unbranched alkanes of at least 4 members (excludes halogenated alkanes) is 16. The minimum atomic E-state index is 0. The zero-order valence-corrected chi connectivity index (χ0v) is 20.9. The van der Waals surface area contributed by atoms with E-state index in [1.165, 1.54) is 129 Å². The minimum Gasteiger partial charge on any atom is -1.00 e. The highest BCUT2D eigenvalue weighted by Gasteiger charge is 2.11. The van der Waals surface area contributed by atoms with Crippen LogP contribution in [0.5, 0.6) is 0 Å². The van der Waals surface area contributed by atoms with E-state index < -0.39 is 0 Å². The van der Waals surface area contributed by atoms with Crippen LogP contribution in [0, 0.1) is 0 Å². The van der Waals surface area contributed by atoms with Gasteiger partial charge in [0.05, 0.1) is 27.2 Å². The molecule has 2 heteroatoms. The Hall–Kier alpha value is -0.0100. The summed E-state index contributed by atoms with van der Waals surface area (Å²) in [6.07, 6.45) is 30.5. The van der Waals surface area contributed by atoms with Gasteiger partial charge in [-0.25, -0.2) is 0 Å². The van der Waals surface area contributed by atoms with Crippen LogP contribution in [0.2, 0.25) is 0 Å². The molecule has 0 atom stereocenters. The first kappa shape index (κ1) is 30.2. The van der Waals surface area contributed by atoms with Crippen LogP contribution in [0.15, 0.2) is 12.2 Å². The molecule has 0 N–H and O–H groups in total. The fourth-order valence-corrected chi connectivity index (χ4v) is 3.82. The van der Waals surface area contributed by atoms with Crippen molar-refractivity contribution in [2.24, 2.45) is 0 Å². The van der Waals surface area contributed by atoms with Crippen LogP contribution in [0.25, 0.3) is 0 Å². The molecule has 0 saturated heterocycles. The van der Waals surface area contributed by atoms with Crippen molar-refractivity contribution in [3.8, 4) is 0 Å². The summed E-state index contributed by atoms with van der Waals surface area (Å²) in [6, 6.07) is 0. The lowest BCUT2D eigenvalue weighted by molar-refractivity contribution is -0.884. The molecule has 0 bridgehead atoms. The first-order chi connectivity index (χ1) is 13.1. The Morgan fingerprint density at radius 2 is 0.893 bits per heavy atom. The summed E-state index contributed by atoms with van der Waals surface area (Å²) in [5.41, 5.74) is 0. The number of likely N-dealkylation sites (N-methyl/N-ethyl adjacent to an activating group) is 1. The van der Waals surface area contributed by atoms with Gasteiger partial charge in [0.15, 0.2) is 0 Å². The van der Waals surface area contributed by atoms with Gasteiger partial charge in [0.25, 0.3) is 0 Å². The molecule has 0 rings (SSSR count). The first-order valence-electron chi connectivity index (χ1n) is 12.6. The quantitative estimate of drug-likeness (QED) is 0.128. The third-order valence-electron chi connectivity index (χ3n) is 5.84. The van der Waals surface area contributed by atoms with Crippen molar-refractivity contribution >= 4 is 0 Å². The number of quaternary nitrogens is 1. The van der Waals surface area contributed by atoms with Gasteiger partial charge in [-0.15, -0.1) is 0 Å². The lowest BCUT2D eigenvalue weighted by Crippen LogP contribution is -3.00. The van der Waals surface area contributed by atoms with Gasteiger partial charge < -0.3 is 16.9 Å². The third-order valence-corrected chi connectivity index (χ3v) is 5.84. The molecule has 0 amide bonds. The molecule has 0 aromatic heterocycles. The van der Waals surface area contributed by atoms with Crippen molar-refractivity contribution in [2.45, 2.75) is 129 Å². The Balaban J connectivity index is 0. The Morgan fingerprint density at radius 1 is 0.500 bits per heavy atom. The molecule has 0 aromatic carbocycles. The second kappa shape index (κ2) is 23.3. The predicted molar refractivity (Wildman–Crippen MR) is 125 cm³/mol. The van der Waals surface area contributed by atoms with E-state index in [1.54, 1.807) is 0 Å². The second-order valence-electron chi connectivity index (χ2n) is 9.41. The lowest BCUT2D eigenvalue weighted by Gasteiger charge is -2.28. The molecule has 0 radical (unpaired) electrons. The molecule has 28 heavy (non-hydrogen) atoms. The van der Waals surface area contributed by atoms with Crippen LogP contribution in [0.1, 0.15) is 129 Å². The van der Waals surface area contributed by atoms with Gasteiger partial charge >= 0.3 is 0 Å². The summed E-state index contributed by atoms with van der Waals surface area (Å²) in [7, 11) is 4.75. The van der Waals surface area contributed by atoms with Crippen LogP contribution in [-0.4, -0.2) is 31.7 Å². The molecule has 0 fully saturated rings. The highest BCUT2D eigenvalue weighted by molar-refractivity contribution is 4.80. The maximum absolute atomic E-state index is 2.38. The zero-order valence-electron chi connectivity index (χ0n) is 20.1. The Labute approximate surface area is 185 Å². The van der Waals surface area contributed by atoms with Gasteiger partial charge in [-0.05, 0) is 25.3 Å². The van der Waals surface area contributed by atoms with Gasteiger partial charge in [-0.1, -0.05) is 116 Å². The van der Waals surface area contributed by atoms with Gasteiger partial charge in [-0.3, -0.25) is 0 Å². The summed E-state index contributed by atoms with van der Waals surface area (Å²) in [4.78, 5) is 0. The smallest absolute Gasteiger partial charge is 0.0969 e. The highest BCUT2D eigenvalue weighted by Crippen LogP contribution is 2.14. The van der Waals surface area contributed by atoms with Crippen molar-refractivity contribution in [2.75, 3.05) is 27.2 Å². The topological polar surface area (TPSA) is 0 Å². The third kappa shape index (κ3) is 24.0. The van der Waals surface area contributed by atoms with Gasteiger partial charge in [0.2, 0.25) is 0 Å². The summed E-state index contributed by atoms with van der Waals surface area (Å²) in [5.74, 6) is 0. The molecule has 0 heterocycles. The van der Waals surface area contributed by atoms with Gasteiger partial charge in [0.1, 0.15) is 0 Å². The summed E-state index contributed by atoms with van der Waals surface area (Å²) < 4.78 is 1.15. The van der Waals surface area contributed by atoms with Crippen LogP contribution < -0.4 is 12.4 Å². The van der Waals surface area contributed by atoms with Crippen LogP contribution >= 0.6 is 0 Å². The van der Waals surface area contributed by atoms with Crippen molar-refractivity contribution in [1.29, 1.82) is 0 Å². The average Bonchev–Trinajstić information content (AvgIpc) is 2.65. The molecular formula is C26H54ClN. The van der Waals surface area contributed by atoms with E-state index in [1.807, 2.05) is 0 Å². The molecule has 170 valence electrons. The molecule has 0 unspecified atom stereocenters. The van der Waals surface area contributed by atoms with Gasteiger partial charge in [0, 0.05) is 0 Å². The van der Waals surface area contributed by atoms with E-state index in [0.29, 0.717) is 0 Å². The number of nitrogens with zero attached hydrogens (tertiary/aromatic N) is 1. The molecular weight excluding hydrogens is 362 g/mol. The van der Waals surface area contributed by atoms with Crippen molar-refractivity contribution in [1.82, 2.24) is 0 Å². The zero-order chi connectivity index (χ0) is 20.1. The van der Waals surface area contributed by atoms with Crippen LogP contribution in [-0.2, 0) is 0 Å². The van der Waals surface area contributed by atoms with E-state index in [-0.39, 0.29) is 12.4 Å². The van der Waals surface area contributed by atoms with Gasteiger partial charge in [-0.2, -0.15) is 0 Å². The van der Waals surface area contributed by atoms with E-state index >= 15 is 0 Å². The fourth-order valence-electron chi connectivity index (χ4n) is 3.82. The van der Waals surface area contributed by atoms with E-state index in [9.17, 15) is 0 Å². The second-order valence-corrected chi connectivity index (χ2v) is 9.41. The largest absolute Gasteiger partial charge is 1.00 e. The minimum absolute atomic E-state index is 0. The Kier molecular flexibility index (Phi) is 25.1. The monoisotopic (exact) mass is 415 g/mol. The molecule has 0 saturated carbocycles. The summed E-state index contributed by atoms with van der Waals surface area (Å²) in [6.45, 7) is 7.07. The number of rotatable bonds is 21. The van der Waals surface area contributed by atoms with Crippen molar-refractivity contribution in [3.63, 3.8) is 0 Å². The molecule has 1 nitrogen and oxygen atoms in total. The average molecular weight is 416 g/mol. The molecule has 0 aliphatic heterocycles. The summed E-state index contributed by atoms with van der Waals surface area (Å²) >= 11 is 0. The number of hydrogen-bond acceptors (Lipinski definition) is 0. The van der Waals surface area contributed by atoms with Crippen molar-refractivity contribution in [3.05, 3.63) is 12.2 Å². The Bertz CT molecular complexity index is 312. The number of halogens is 1. The van der Waals surface area contributed by atoms with Crippen molar-refractivity contribution < 1.29 is 16.9 Å². The maximum atomic E-state index is 2.38. The molecule has 0 aromatic rings. The normalized spacial score (nSPS) is 11.9. The van der Waals surface area contributed by atoms with E-state index in [4.69, 9.17) is 0 Å². The molecule has 0 spiro atoms. The Morgan fingerprint density at radius 3 is 1.29 bits per heavy atom. The maximum Gasteiger partial charge on any atom is 0.0969 e. The fraction of sp³-hybridized carbons (Fsp3) is 0.923. The molecule has 0 aliphatic rings. The van der Waals surface area contributed by atoms with E-state index in [0.717, 1.165) is 4.48 Å². The van der Waals surface area contributed by atoms with Crippen LogP contribution in [0.3, 0.4) is 0 Å². The highest BCUT2D eigenvalue weighted by atomic mass is 35.5. The van der Waals surface area contributed by atoms with E-state index in [2.05, 4.69) is 40.1 Å². The first-order valence-corrected chi connectivity index (χ1v) is 12.6. The standard InChI is InChI=1S/C26H54N.ClH/c1-5-7-9-11-12-13-14-15-16-17-18-19-20-21-22-24-26-27(3,4)25-23-10-8-6-2;/h10,23H,5-9,11-22,24-26H2,1-4H3;1H/q+1;/p-1. The number of hydrogen-bond donors (Lipinski definition) is 0. The number of allylic oxidation sites excluding steroid dienone is 1. The molecule has 0 aliphatic carbocycles. The van der Waals surface area contributed by atoms with Crippen LogP contribution in [0.4, 0.5) is 0 Å².